The number of carbonyl (C=O) groups is 1. The number of primary amides is 1. The van der Waals surface area contributed by atoms with E-state index in [1.54, 1.807) is 0 Å². The van der Waals surface area contributed by atoms with Gasteiger partial charge in [-0.05, 0) is 22.0 Å². The third-order valence-electron chi connectivity index (χ3n) is 1.25. The van der Waals surface area contributed by atoms with E-state index in [0.717, 1.165) is 0 Å². The Hall–Kier alpha value is -0.810. The monoisotopic (exact) mass is 249 g/mol. The van der Waals surface area contributed by atoms with Crippen LogP contribution >= 0.6 is 27.5 Å². The molecule has 0 saturated heterocycles. The zero-order valence-corrected chi connectivity index (χ0v) is 8.19. The largest absolute Gasteiger partial charge is 0.396 e. The minimum Gasteiger partial charge on any atom is -0.396 e. The van der Waals surface area contributed by atoms with Crippen LogP contribution in [0.5, 0.6) is 0 Å². The van der Waals surface area contributed by atoms with E-state index >= 15 is 0 Å². The average Bonchev–Trinajstić information content (AvgIpc) is 1.96. The highest BCUT2D eigenvalue weighted by molar-refractivity contribution is 9.10. The molecular weight excluding hydrogens is 245 g/mol. The fraction of sp³-hybridized carbons (Fsp3) is 0. The molecule has 0 saturated carbocycles. The Morgan fingerprint density at radius 1 is 1.67 bits per heavy atom. The number of aromatic nitrogens is 1. The van der Waals surface area contributed by atoms with Gasteiger partial charge in [-0.15, -0.1) is 0 Å². The summed E-state index contributed by atoms with van der Waals surface area (Å²) >= 11 is 8.65. The summed E-state index contributed by atoms with van der Waals surface area (Å²) < 4.78 is 0.426. The summed E-state index contributed by atoms with van der Waals surface area (Å²) in [5, 5.41) is 0.0678. The summed E-state index contributed by atoms with van der Waals surface area (Å²) in [7, 11) is 0. The van der Waals surface area contributed by atoms with Crippen molar-refractivity contribution in [3.8, 4) is 0 Å². The van der Waals surface area contributed by atoms with Gasteiger partial charge in [-0.3, -0.25) is 4.79 Å². The highest BCUT2D eigenvalue weighted by Gasteiger charge is 2.10. The van der Waals surface area contributed by atoms with Crippen LogP contribution in [-0.2, 0) is 0 Å². The molecule has 0 fully saturated rings. The number of hydrogen-bond donors (Lipinski definition) is 2. The zero-order valence-electron chi connectivity index (χ0n) is 5.84. The van der Waals surface area contributed by atoms with Gasteiger partial charge in [0.05, 0.1) is 11.3 Å². The number of pyridine rings is 1. The van der Waals surface area contributed by atoms with Crippen LogP contribution in [0.15, 0.2) is 10.7 Å². The fourth-order valence-electron chi connectivity index (χ4n) is 0.698. The lowest BCUT2D eigenvalue weighted by atomic mass is 10.2. The fourth-order valence-corrected chi connectivity index (χ4v) is 1.40. The van der Waals surface area contributed by atoms with E-state index in [1.165, 1.54) is 6.07 Å². The van der Waals surface area contributed by atoms with Crippen LogP contribution < -0.4 is 11.5 Å². The van der Waals surface area contributed by atoms with Crippen LogP contribution in [0.25, 0.3) is 0 Å². The minimum absolute atomic E-state index is 0.0678. The van der Waals surface area contributed by atoms with Crippen molar-refractivity contribution in [3.05, 3.63) is 21.4 Å². The molecule has 1 aromatic rings. The Morgan fingerprint density at radius 3 is 2.75 bits per heavy atom. The molecule has 0 radical (unpaired) electrons. The SMILES string of the molecule is NC(=O)c1cc(Br)nc(Cl)c1N. The van der Waals surface area contributed by atoms with Crippen molar-refractivity contribution in [1.29, 1.82) is 0 Å². The molecule has 1 amide bonds. The molecule has 0 aliphatic heterocycles. The first-order valence-corrected chi connectivity index (χ1v) is 4.10. The maximum absolute atomic E-state index is 10.8. The van der Waals surface area contributed by atoms with Gasteiger partial charge >= 0.3 is 0 Å². The number of halogens is 2. The van der Waals surface area contributed by atoms with E-state index in [0.29, 0.717) is 4.60 Å². The molecule has 0 atom stereocenters. The third-order valence-corrected chi connectivity index (χ3v) is 1.94. The lowest BCUT2D eigenvalue weighted by molar-refractivity contribution is 0.100. The summed E-state index contributed by atoms with van der Waals surface area (Å²) in [6, 6.07) is 1.42. The van der Waals surface area contributed by atoms with Crippen molar-refractivity contribution in [3.63, 3.8) is 0 Å². The maximum Gasteiger partial charge on any atom is 0.251 e. The summed E-state index contributed by atoms with van der Waals surface area (Å²) in [4.78, 5) is 14.5. The molecule has 0 spiro atoms. The van der Waals surface area contributed by atoms with Gasteiger partial charge in [-0.1, -0.05) is 11.6 Å². The first-order chi connectivity index (χ1) is 5.52. The Balaban J connectivity index is 3.37. The highest BCUT2D eigenvalue weighted by Crippen LogP contribution is 2.23. The summed E-state index contributed by atoms with van der Waals surface area (Å²) in [5.74, 6) is -0.627. The molecule has 64 valence electrons. The summed E-state index contributed by atoms with van der Waals surface area (Å²) in [5.41, 5.74) is 10.7. The Kier molecular flexibility index (Phi) is 2.54. The minimum atomic E-state index is -0.627. The standard InChI is InChI=1S/C6H5BrClN3O/c7-3-1-2(6(10)12)4(9)5(8)11-3/h1H,9H2,(H2,10,12). The molecule has 4 nitrogen and oxygen atoms in total. The van der Waals surface area contributed by atoms with Gasteiger partial charge in [0, 0.05) is 0 Å². The van der Waals surface area contributed by atoms with Gasteiger partial charge in [-0.2, -0.15) is 0 Å². The second kappa shape index (κ2) is 3.28. The third kappa shape index (κ3) is 1.67. The van der Waals surface area contributed by atoms with Gasteiger partial charge in [-0.25, -0.2) is 4.98 Å². The predicted octanol–water partition coefficient (Wildman–Crippen LogP) is 1.18. The van der Waals surface area contributed by atoms with E-state index in [9.17, 15) is 4.79 Å². The molecule has 0 unspecified atom stereocenters. The molecule has 1 aromatic heterocycles. The molecule has 12 heavy (non-hydrogen) atoms. The molecule has 0 aliphatic carbocycles. The quantitative estimate of drug-likeness (QED) is 0.734. The lowest BCUT2D eigenvalue weighted by Crippen LogP contribution is -2.14. The van der Waals surface area contributed by atoms with E-state index in [4.69, 9.17) is 23.1 Å². The number of carbonyl (C=O) groups excluding carboxylic acids is 1. The highest BCUT2D eigenvalue weighted by atomic mass is 79.9. The summed E-state index contributed by atoms with van der Waals surface area (Å²) in [6.45, 7) is 0. The van der Waals surface area contributed by atoms with E-state index in [-0.39, 0.29) is 16.4 Å². The maximum atomic E-state index is 10.8. The van der Waals surface area contributed by atoms with Gasteiger partial charge in [0.25, 0.3) is 5.91 Å². The van der Waals surface area contributed by atoms with Gasteiger partial charge in [0.15, 0.2) is 5.15 Å². The number of rotatable bonds is 1. The number of nitrogens with zero attached hydrogens (tertiary/aromatic N) is 1. The molecule has 1 heterocycles. The van der Waals surface area contributed by atoms with Crippen molar-refractivity contribution >= 4 is 39.1 Å². The Bertz CT molecular complexity index is 342. The van der Waals surface area contributed by atoms with Crippen molar-refractivity contribution in [2.75, 3.05) is 5.73 Å². The number of anilines is 1. The Morgan fingerprint density at radius 2 is 2.25 bits per heavy atom. The van der Waals surface area contributed by atoms with Crippen LogP contribution in [0, 0.1) is 0 Å². The molecule has 6 heteroatoms. The van der Waals surface area contributed by atoms with Gasteiger partial charge < -0.3 is 11.5 Å². The molecular formula is C6H5BrClN3O. The van der Waals surface area contributed by atoms with Gasteiger partial charge in [0.1, 0.15) is 4.60 Å². The molecule has 0 aliphatic rings. The second-order valence-electron chi connectivity index (χ2n) is 2.06. The second-order valence-corrected chi connectivity index (χ2v) is 3.23. The van der Waals surface area contributed by atoms with E-state index < -0.39 is 5.91 Å². The molecule has 0 bridgehead atoms. The molecule has 1 rings (SSSR count). The van der Waals surface area contributed by atoms with Crippen molar-refractivity contribution in [2.24, 2.45) is 5.73 Å². The van der Waals surface area contributed by atoms with Crippen LogP contribution in [0.4, 0.5) is 5.69 Å². The zero-order chi connectivity index (χ0) is 9.30. The van der Waals surface area contributed by atoms with E-state index in [1.807, 2.05) is 0 Å². The lowest BCUT2D eigenvalue weighted by Gasteiger charge is -2.02. The summed E-state index contributed by atoms with van der Waals surface area (Å²) in [6.07, 6.45) is 0. The van der Waals surface area contributed by atoms with Crippen LogP contribution in [-0.4, -0.2) is 10.9 Å². The Labute approximate surface area is 82.0 Å². The van der Waals surface area contributed by atoms with Crippen LogP contribution in [0.1, 0.15) is 10.4 Å². The molecule has 0 aromatic carbocycles. The van der Waals surface area contributed by atoms with Gasteiger partial charge in [0.2, 0.25) is 0 Å². The van der Waals surface area contributed by atoms with Crippen molar-refractivity contribution in [1.82, 2.24) is 4.98 Å². The first kappa shape index (κ1) is 9.28. The number of nitrogen functional groups attached to an aromatic ring is 1. The van der Waals surface area contributed by atoms with Crippen LogP contribution in [0.2, 0.25) is 5.15 Å². The average molecular weight is 250 g/mol. The normalized spacial score (nSPS) is 9.83. The topological polar surface area (TPSA) is 82.0 Å². The smallest absolute Gasteiger partial charge is 0.251 e. The van der Waals surface area contributed by atoms with Crippen molar-refractivity contribution in [2.45, 2.75) is 0 Å². The molecule has 4 N–H and O–H groups in total. The number of hydrogen-bond acceptors (Lipinski definition) is 3. The predicted molar refractivity (Wildman–Crippen MR) is 49.9 cm³/mol. The first-order valence-electron chi connectivity index (χ1n) is 2.93. The number of amides is 1. The number of nitrogens with two attached hydrogens (primary N) is 2. The van der Waals surface area contributed by atoms with Crippen molar-refractivity contribution < 1.29 is 4.79 Å². The van der Waals surface area contributed by atoms with E-state index in [2.05, 4.69) is 20.9 Å². The van der Waals surface area contributed by atoms with Crippen LogP contribution in [0.3, 0.4) is 0 Å².